The molecule has 0 spiro atoms. The number of halogens is 1. The average molecular weight is 278 g/mol. The molecule has 3 nitrogen and oxygen atoms in total. The van der Waals surface area contributed by atoms with Gasteiger partial charge in [0.25, 0.3) is 0 Å². The van der Waals surface area contributed by atoms with Crippen molar-refractivity contribution in [2.45, 2.75) is 6.92 Å². The number of nitrogens with two attached hydrogens (primary N) is 1. The Bertz CT molecular complexity index is 742. The summed E-state index contributed by atoms with van der Waals surface area (Å²) in [6, 6.07) is 7.79. The lowest BCUT2D eigenvalue weighted by Gasteiger charge is -2.00. The first-order chi connectivity index (χ1) is 8.56. The largest absolute Gasteiger partial charge is 0.390 e. The SMILES string of the molecule is Cc1cc(-c2nc3cc(Cl)ccc3n2C)c(N)s1. The number of aryl methyl sites for hydroxylation is 2. The molecule has 0 saturated heterocycles. The molecule has 0 atom stereocenters. The summed E-state index contributed by atoms with van der Waals surface area (Å²) in [6.07, 6.45) is 0. The van der Waals surface area contributed by atoms with Gasteiger partial charge in [0.15, 0.2) is 0 Å². The molecule has 0 aliphatic heterocycles. The van der Waals surface area contributed by atoms with Crippen LogP contribution >= 0.6 is 22.9 Å². The number of imidazole rings is 1. The lowest BCUT2D eigenvalue weighted by Crippen LogP contribution is -1.93. The summed E-state index contributed by atoms with van der Waals surface area (Å²) in [5.41, 5.74) is 8.97. The van der Waals surface area contributed by atoms with Crippen LogP contribution < -0.4 is 5.73 Å². The Labute approximate surface area is 114 Å². The van der Waals surface area contributed by atoms with Gasteiger partial charge in [-0.3, -0.25) is 0 Å². The first-order valence-electron chi connectivity index (χ1n) is 5.54. The van der Waals surface area contributed by atoms with Crippen molar-refractivity contribution >= 4 is 39.0 Å². The predicted octanol–water partition coefficient (Wildman–Crippen LogP) is 3.85. The zero-order valence-corrected chi connectivity index (χ0v) is 11.6. The molecule has 0 unspecified atom stereocenters. The molecule has 2 aromatic heterocycles. The fraction of sp³-hybridized carbons (Fsp3) is 0.154. The highest BCUT2D eigenvalue weighted by Gasteiger charge is 2.14. The van der Waals surface area contributed by atoms with E-state index in [4.69, 9.17) is 17.3 Å². The van der Waals surface area contributed by atoms with E-state index in [1.54, 1.807) is 11.3 Å². The highest BCUT2D eigenvalue weighted by Crippen LogP contribution is 2.34. The van der Waals surface area contributed by atoms with Crippen molar-refractivity contribution in [1.82, 2.24) is 9.55 Å². The molecule has 0 amide bonds. The summed E-state index contributed by atoms with van der Waals surface area (Å²) in [6.45, 7) is 2.05. The topological polar surface area (TPSA) is 43.8 Å². The number of nitrogens with zero attached hydrogens (tertiary/aromatic N) is 2. The van der Waals surface area contributed by atoms with Crippen molar-refractivity contribution < 1.29 is 0 Å². The number of thiophene rings is 1. The lowest BCUT2D eigenvalue weighted by molar-refractivity contribution is 0.960. The maximum atomic E-state index is 6.03. The van der Waals surface area contributed by atoms with Gasteiger partial charge in [-0.05, 0) is 31.2 Å². The van der Waals surface area contributed by atoms with E-state index in [1.165, 1.54) is 4.88 Å². The van der Waals surface area contributed by atoms with Gasteiger partial charge in [0, 0.05) is 16.9 Å². The van der Waals surface area contributed by atoms with Crippen molar-refractivity contribution in [1.29, 1.82) is 0 Å². The van der Waals surface area contributed by atoms with Crippen molar-refractivity contribution in [3.63, 3.8) is 0 Å². The molecule has 5 heteroatoms. The van der Waals surface area contributed by atoms with Gasteiger partial charge < -0.3 is 10.3 Å². The molecule has 0 fully saturated rings. The molecular formula is C13H12ClN3S. The minimum atomic E-state index is 0.696. The monoisotopic (exact) mass is 277 g/mol. The highest BCUT2D eigenvalue weighted by atomic mass is 35.5. The summed E-state index contributed by atoms with van der Waals surface area (Å²) in [5.74, 6) is 0.883. The Hall–Kier alpha value is -1.52. The van der Waals surface area contributed by atoms with Crippen molar-refractivity contribution in [2.75, 3.05) is 5.73 Å². The van der Waals surface area contributed by atoms with Gasteiger partial charge in [0.05, 0.1) is 21.6 Å². The Morgan fingerprint density at radius 2 is 2.11 bits per heavy atom. The second-order valence-electron chi connectivity index (χ2n) is 4.26. The molecule has 3 aromatic rings. The van der Waals surface area contributed by atoms with Gasteiger partial charge in [-0.15, -0.1) is 11.3 Å². The summed E-state index contributed by atoms with van der Waals surface area (Å²) in [4.78, 5) is 5.81. The fourth-order valence-electron chi connectivity index (χ4n) is 2.12. The first kappa shape index (κ1) is 11.6. The third-order valence-corrected chi connectivity index (χ3v) is 4.08. The van der Waals surface area contributed by atoms with Crippen LogP contribution in [0.2, 0.25) is 5.02 Å². The third-order valence-electron chi connectivity index (χ3n) is 2.97. The number of fused-ring (bicyclic) bond motifs is 1. The Morgan fingerprint density at radius 1 is 1.33 bits per heavy atom. The van der Waals surface area contributed by atoms with Gasteiger partial charge in [0.1, 0.15) is 5.82 Å². The summed E-state index contributed by atoms with van der Waals surface area (Å²) >= 11 is 7.57. The van der Waals surface area contributed by atoms with Crippen molar-refractivity contribution in [3.05, 3.63) is 34.2 Å². The Kier molecular flexibility index (Phi) is 2.57. The van der Waals surface area contributed by atoms with E-state index in [9.17, 15) is 0 Å². The summed E-state index contributed by atoms with van der Waals surface area (Å²) in [7, 11) is 1.99. The number of benzene rings is 1. The van der Waals surface area contributed by atoms with Gasteiger partial charge in [0.2, 0.25) is 0 Å². The van der Waals surface area contributed by atoms with Crippen LogP contribution in [0.25, 0.3) is 22.4 Å². The maximum Gasteiger partial charge on any atom is 0.143 e. The lowest BCUT2D eigenvalue weighted by atomic mass is 10.3. The zero-order chi connectivity index (χ0) is 12.9. The van der Waals surface area contributed by atoms with Crippen LogP contribution in [-0.2, 0) is 7.05 Å². The van der Waals surface area contributed by atoms with E-state index in [1.807, 2.05) is 36.7 Å². The zero-order valence-electron chi connectivity index (χ0n) is 10.1. The van der Waals surface area contributed by atoms with Crippen LogP contribution in [0, 0.1) is 6.92 Å². The standard InChI is InChI=1S/C13H12ClN3S/c1-7-5-9(12(15)18-7)13-16-10-6-8(14)3-4-11(10)17(13)2/h3-6H,15H2,1-2H3. The minimum absolute atomic E-state index is 0.696. The van der Waals surface area contributed by atoms with E-state index < -0.39 is 0 Å². The van der Waals surface area contributed by atoms with Crippen molar-refractivity contribution in [2.24, 2.45) is 7.05 Å². The average Bonchev–Trinajstić information content (AvgIpc) is 2.79. The van der Waals surface area contributed by atoms with Crippen LogP contribution in [0.5, 0.6) is 0 Å². The molecule has 0 saturated carbocycles. The highest BCUT2D eigenvalue weighted by molar-refractivity contribution is 7.16. The number of aromatic nitrogens is 2. The molecule has 18 heavy (non-hydrogen) atoms. The maximum absolute atomic E-state index is 6.03. The van der Waals surface area contributed by atoms with Crippen LogP contribution in [0.15, 0.2) is 24.3 Å². The smallest absolute Gasteiger partial charge is 0.143 e. The molecule has 0 aliphatic rings. The molecule has 92 valence electrons. The number of anilines is 1. The molecule has 2 N–H and O–H groups in total. The first-order valence-corrected chi connectivity index (χ1v) is 6.74. The van der Waals surface area contributed by atoms with Crippen molar-refractivity contribution in [3.8, 4) is 11.4 Å². The summed E-state index contributed by atoms with van der Waals surface area (Å²) in [5, 5.41) is 1.50. The van der Waals surface area contributed by atoms with Crippen LogP contribution in [0.1, 0.15) is 4.88 Å². The molecule has 0 radical (unpaired) electrons. The minimum Gasteiger partial charge on any atom is -0.390 e. The number of rotatable bonds is 1. The number of nitrogen functional groups attached to an aromatic ring is 1. The van der Waals surface area contributed by atoms with Crippen LogP contribution in [0.3, 0.4) is 0 Å². The molecule has 1 aromatic carbocycles. The van der Waals surface area contributed by atoms with E-state index in [0.717, 1.165) is 27.4 Å². The number of hydrogen-bond donors (Lipinski definition) is 1. The van der Waals surface area contributed by atoms with E-state index >= 15 is 0 Å². The predicted molar refractivity (Wildman–Crippen MR) is 78.2 cm³/mol. The third kappa shape index (κ3) is 1.69. The molecule has 0 bridgehead atoms. The van der Waals surface area contributed by atoms with Crippen LogP contribution in [-0.4, -0.2) is 9.55 Å². The van der Waals surface area contributed by atoms with Gasteiger partial charge in [-0.2, -0.15) is 0 Å². The second kappa shape index (κ2) is 4.00. The quantitative estimate of drug-likeness (QED) is 0.734. The van der Waals surface area contributed by atoms with E-state index in [2.05, 4.69) is 11.1 Å². The van der Waals surface area contributed by atoms with E-state index in [0.29, 0.717) is 5.02 Å². The fourth-order valence-corrected chi connectivity index (χ4v) is 3.07. The van der Waals surface area contributed by atoms with Gasteiger partial charge in [-0.1, -0.05) is 11.6 Å². The molecular weight excluding hydrogens is 266 g/mol. The normalized spacial score (nSPS) is 11.3. The molecule has 2 heterocycles. The second-order valence-corrected chi connectivity index (χ2v) is 5.99. The Morgan fingerprint density at radius 3 is 2.78 bits per heavy atom. The Balaban J connectivity index is 2.30. The van der Waals surface area contributed by atoms with Crippen LogP contribution in [0.4, 0.5) is 5.00 Å². The van der Waals surface area contributed by atoms with Gasteiger partial charge >= 0.3 is 0 Å². The molecule has 3 rings (SSSR count). The summed E-state index contributed by atoms with van der Waals surface area (Å²) < 4.78 is 2.05. The van der Waals surface area contributed by atoms with E-state index in [-0.39, 0.29) is 0 Å². The van der Waals surface area contributed by atoms with Gasteiger partial charge in [-0.25, -0.2) is 4.98 Å². The molecule has 0 aliphatic carbocycles. The number of hydrogen-bond acceptors (Lipinski definition) is 3.